The summed E-state index contributed by atoms with van der Waals surface area (Å²) in [7, 11) is -3.53. The minimum Gasteiger partial charge on any atom is -0.352 e. The molecule has 0 fully saturated rings. The molecular formula is C11H14ClFN2O3S. The molecule has 0 radical (unpaired) electrons. The maximum absolute atomic E-state index is 13.2. The van der Waals surface area contributed by atoms with Crippen molar-refractivity contribution in [3.8, 4) is 0 Å². The van der Waals surface area contributed by atoms with Gasteiger partial charge in [-0.15, -0.1) is 0 Å². The summed E-state index contributed by atoms with van der Waals surface area (Å²) < 4.78 is 34.5. The number of benzene rings is 1. The number of nitrogens with two attached hydrogens (primary N) is 1. The van der Waals surface area contributed by atoms with Crippen LogP contribution in [0.25, 0.3) is 0 Å². The van der Waals surface area contributed by atoms with Crippen molar-refractivity contribution in [2.75, 3.05) is 12.3 Å². The minimum absolute atomic E-state index is 0.00652. The number of hydrogen-bond acceptors (Lipinski definition) is 3. The highest BCUT2D eigenvalue weighted by molar-refractivity contribution is 7.89. The first-order valence-corrected chi connectivity index (χ1v) is 7.54. The maximum atomic E-state index is 13.2. The second-order valence-electron chi connectivity index (χ2n) is 4.06. The molecule has 0 unspecified atom stereocenters. The van der Waals surface area contributed by atoms with Crippen molar-refractivity contribution in [3.63, 3.8) is 0 Å². The van der Waals surface area contributed by atoms with Gasteiger partial charge in [-0.1, -0.05) is 11.6 Å². The van der Waals surface area contributed by atoms with Crippen molar-refractivity contribution in [3.05, 3.63) is 34.1 Å². The van der Waals surface area contributed by atoms with Crippen molar-refractivity contribution in [2.24, 2.45) is 5.14 Å². The topological polar surface area (TPSA) is 89.3 Å². The van der Waals surface area contributed by atoms with E-state index in [-0.39, 0.29) is 29.3 Å². The third-order valence-corrected chi connectivity index (χ3v) is 3.55. The summed E-state index contributed by atoms with van der Waals surface area (Å²) in [6.07, 6.45) is 0.197. The van der Waals surface area contributed by atoms with Crippen molar-refractivity contribution < 1.29 is 17.6 Å². The van der Waals surface area contributed by atoms with E-state index in [9.17, 15) is 17.6 Å². The molecule has 1 aromatic rings. The van der Waals surface area contributed by atoms with E-state index in [0.29, 0.717) is 5.56 Å². The van der Waals surface area contributed by atoms with Crippen LogP contribution in [0.4, 0.5) is 4.39 Å². The summed E-state index contributed by atoms with van der Waals surface area (Å²) in [6, 6.07) is 2.41. The molecule has 0 saturated heterocycles. The third kappa shape index (κ3) is 5.14. The first-order chi connectivity index (χ1) is 8.70. The zero-order valence-electron chi connectivity index (χ0n) is 10.2. The molecule has 8 heteroatoms. The summed E-state index contributed by atoms with van der Waals surface area (Å²) >= 11 is 5.77. The van der Waals surface area contributed by atoms with E-state index in [0.717, 1.165) is 6.07 Å². The van der Waals surface area contributed by atoms with Crippen LogP contribution in [-0.2, 0) is 10.0 Å². The van der Waals surface area contributed by atoms with Gasteiger partial charge >= 0.3 is 0 Å². The van der Waals surface area contributed by atoms with Crippen LogP contribution in [0.1, 0.15) is 22.3 Å². The molecule has 1 rings (SSSR count). The lowest BCUT2D eigenvalue weighted by molar-refractivity contribution is 0.0953. The average Bonchev–Trinajstić information content (AvgIpc) is 2.28. The lowest BCUT2D eigenvalue weighted by atomic mass is 10.1. The Morgan fingerprint density at radius 3 is 2.68 bits per heavy atom. The summed E-state index contributed by atoms with van der Waals surface area (Å²) in [6.45, 7) is 1.66. The average molecular weight is 309 g/mol. The molecule has 0 spiro atoms. The second kappa shape index (κ2) is 6.31. The third-order valence-electron chi connectivity index (χ3n) is 2.38. The molecule has 3 N–H and O–H groups in total. The maximum Gasteiger partial charge on any atom is 0.252 e. The fourth-order valence-corrected chi connectivity index (χ4v) is 2.18. The molecule has 0 atom stereocenters. The van der Waals surface area contributed by atoms with Gasteiger partial charge in [0.15, 0.2) is 0 Å². The SMILES string of the molecule is Cc1cc(C(=O)NCCCS(N)(=O)=O)c(Cl)cc1F. The minimum atomic E-state index is -3.53. The fraction of sp³-hybridized carbons (Fsp3) is 0.364. The number of nitrogens with one attached hydrogen (secondary N) is 1. The number of sulfonamides is 1. The van der Waals surface area contributed by atoms with Crippen LogP contribution in [0.3, 0.4) is 0 Å². The standard InChI is InChI=1S/C11H14ClFN2O3S/c1-7-5-8(9(12)6-10(7)13)11(16)15-3-2-4-19(14,17)18/h5-6H,2-4H2,1H3,(H,15,16)(H2,14,17,18). The molecule has 5 nitrogen and oxygen atoms in total. The van der Waals surface area contributed by atoms with Crippen LogP contribution in [0.15, 0.2) is 12.1 Å². The van der Waals surface area contributed by atoms with Crippen LogP contribution in [-0.4, -0.2) is 26.6 Å². The van der Waals surface area contributed by atoms with Crippen molar-refractivity contribution in [1.29, 1.82) is 0 Å². The van der Waals surface area contributed by atoms with Crippen LogP contribution in [0.2, 0.25) is 5.02 Å². The number of aryl methyl sites for hydroxylation is 1. The number of rotatable bonds is 5. The van der Waals surface area contributed by atoms with Crippen molar-refractivity contribution in [2.45, 2.75) is 13.3 Å². The Labute approximate surface area is 116 Å². The molecule has 0 heterocycles. The van der Waals surface area contributed by atoms with Crippen molar-refractivity contribution >= 4 is 27.5 Å². The molecule has 0 saturated carbocycles. The van der Waals surface area contributed by atoms with E-state index < -0.39 is 21.7 Å². The Kier molecular flexibility index (Phi) is 5.28. The summed E-state index contributed by atoms with van der Waals surface area (Å²) in [5.74, 6) is -1.19. The Morgan fingerprint density at radius 1 is 1.47 bits per heavy atom. The van der Waals surface area contributed by atoms with Gasteiger partial charge < -0.3 is 5.32 Å². The number of carbonyl (C=O) groups is 1. The molecule has 19 heavy (non-hydrogen) atoms. The highest BCUT2D eigenvalue weighted by Crippen LogP contribution is 2.20. The Morgan fingerprint density at radius 2 is 2.11 bits per heavy atom. The smallest absolute Gasteiger partial charge is 0.252 e. The van der Waals surface area contributed by atoms with Crippen LogP contribution < -0.4 is 10.5 Å². The lowest BCUT2D eigenvalue weighted by Gasteiger charge is -2.08. The van der Waals surface area contributed by atoms with Gasteiger partial charge in [-0.25, -0.2) is 17.9 Å². The molecule has 106 valence electrons. The van der Waals surface area contributed by atoms with E-state index in [1.165, 1.54) is 13.0 Å². The van der Waals surface area contributed by atoms with E-state index >= 15 is 0 Å². The molecular weight excluding hydrogens is 295 g/mol. The zero-order chi connectivity index (χ0) is 14.6. The number of hydrogen-bond donors (Lipinski definition) is 2. The Hall–Kier alpha value is -1.18. The van der Waals surface area contributed by atoms with Crippen LogP contribution in [0.5, 0.6) is 0 Å². The van der Waals surface area contributed by atoms with Crippen molar-refractivity contribution in [1.82, 2.24) is 5.32 Å². The second-order valence-corrected chi connectivity index (χ2v) is 6.20. The molecule has 1 amide bonds. The summed E-state index contributed by atoms with van der Waals surface area (Å²) in [5.41, 5.74) is 0.454. The molecule has 0 bridgehead atoms. The highest BCUT2D eigenvalue weighted by atomic mass is 35.5. The van der Waals surface area contributed by atoms with Gasteiger partial charge in [0.1, 0.15) is 5.82 Å². The van der Waals surface area contributed by atoms with E-state index in [1.807, 2.05) is 0 Å². The summed E-state index contributed by atoms with van der Waals surface area (Å²) in [4.78, 5) is 11.8. The number of primary sulfonamides is 1. The zero-order valence-corrected chi connectivity index (χ0v) is 11.8. The van der Waals surface area contributed by atoms with E-state index in [2.05, 4.69) is 5.32 Å². The molecule has 0 aromatic heterocycles. The van der Waals surface area contributed by atoms with E-state index in [1.54, 1.807) is 0 Å². The predicted octanol–water partition coefficient (Wildman–Crippen LogP) is 1.20. The largest absolute Gasteiger partial charge is 0.352 e. The van der Waals surface area contributed by atoms with Gasteiger partial charge in [0.2, 0.25) is 10.0 Å². The number of amides is 1. The molecule has 0 aliphatic heterocycles. The van der Waals surface area contributed by atoms with Crippen LogP contribution in [0, 0.1) is 12.7 Å². The lowest BCUT2D eigenvalue weighted by Crippen LogP contribution is -2.27. The highest BCUT2D eigenvalue weighted by Gasteiger charge is 2.13. The Bertz CT molecular complexity index is 590. The first kappa shape index (κ1) is 15.9. The quantitative estimate of drug-likeness (QED) is 0.801. The Balaban J connectivity index is 2.62. The van der Waals surface area contributed by atoms with Gasteiger partial charge in [-0.05, 0) is 31.0 Å². The number of carbonyl (C=O) groups excluding carboxylic acids is 1. The summed E-state index contributed by atoms with van der Waals surface area (Å²) in [5, 5.41) is 7.32. The van der Waals surface area contributed by atoms with Gasteiger partial charge in [0.05, 0.1) is 16.3 Å². The molecule has 0 aliphatic rings. The van der Waals surface area contributed by atoms with Gasteiger partial charge in [0.25, 0.3) is 5.91 Å². The van der Waals surface area contributed by atoms with Crippen LogP contribution >= 0.6 is 11.6 Å². The predicted molar refractivity (Wildman–Crippen MR) is 71.1 cm³/mol. The monoisotopic (exact) mass is 308 g/mol. The van der Waals surface area contributed by atoms with E-state index in [4.69, 9.17) is 16.7 Å². The first-order valence-electron chi connectivity index (χ1n) is 5.45. The van der Waals surface area contributed by atoms with Gasteiger partial charge in [0, 0.05) is 6.54 Å². The molecule has 0 aliphatic carbocycles. The van der Waals surface area contributed by atoms with Gasteiger partial charge in [-0.2, -0.15) is 0 Å². The normalized spacial score (nSPS) is 11.4. The fourth-order valence-electron chi connectivity index (χ4n) is 1.40. The molecule has 1 aromatic carbocycles. The van der Waals surface area contributed by atoms with Gasteiger partial charge in [-0.3, -0.25) is 4.79 Å². The number of halogens is 2.